The molecular weight excluding hydrogens is 425 g/mol. The number of benzene rings is 2. The summed E-state index contributed by atoms with van der Waals surface area (Å²) >= 11 is 0. The van der Waals surface area contributed by atoms with Crippen LogP contribution in [0.4, 0.5) is 14.9 Å². The Labute approximate surface area is 190 Å². The van der Waals surface area contributed by atoms with Crippen LogP contribution in [-0.4, -0.2) is 47.5 Å². The monoisotopic (exact) mass is 449 g/mol. The van der Waals surface area contributed by atoms with E-state index >= 15 is 0 Å². The van der Waals surface area contributed by atoms with Gasteiger partial charge in [0.1, 0.15) is 11.9 Å². The van der Waals surface area contributed by atoms with Crippen LogP contribution in [-0.2, 0) is 22.6 Å². The lowest BCUT2D eigenvalue weighted by Gasteiger charge is -2.14. The van der Waals surface area contributed by atoms with Crippen molar-refractivity contribution in [1.82, 2.24) is 20.4 Å². The average Bonchev–Trinajstić information content (AvgIpc) is 3.41. The SMILES string of the molecule is CC(=O)NC[C@H]1CN(c2ccc(-c3ccc(-c4cc5n(n4)CCNC5)cc3)c(F)c2)C(=O)O1. The lowest BCUT2D eigenvalue weighted by atomic mass is 10.0. The molecule has 2 aliphatic heterocycles. The van der Waals surface area contributed by atoms with Crippen molar-refractivity contribution in [2.75, 3.05) is 24.5 Å². The summed E-state index contributed by atoms with van der Waals surface area (Å²) in [5.41, 5.74) is 4.63. The van der Waals surface area contributed by atoms with E-state index < -0.39 is 18.0 Å². The van der Waals surface area contributed by atoms with Crippen molar-refractivity contribution in [2.45, 2.75) is 26.1 Å². The molecule has 2 N–H and O–H groups in total. The van der Waals surface area contributed by atoms with Gasteiger partial charge >= 0.3 is 6.09 Å². The van der Waals surface area contributed by atoms with Crippen molar-refractivity contribution in [3.05, 3.63) is 60.0 Å². The first-order valence-corrected chi connectivity index (χ1v) is 10.9. The lowest BCUT2D eigenvalue weighted by Crippen LogP contribution is -2.33. The van der Waals surface area contributed by atoms with E-state index in [1.807, 2.05) is 28.9 Å². The number of nitrogens with one attached hydrogen (secondary N) is 2. The highest BCUT2D eigenvalue weighted by Crippen LogP contribution is 2.30. The maximum Gasteiger partial charge on any atom is 0.414 e. The molecular formula is C24H24FN5O3. The van der Waals surface area contributed by atoms with E-state index in [-0.39, 0.29) is 19.0 Å². The number of carbonyl (C=O) groups excluding carboxylic acids is 2. The number of ether oxygens (including phenoxy) is 1. The second kappa shape index (κ2) is 8.67. The summed E-state index contributed by atoms with van der Waals surface area (Å²) in [5.74, 6) is -0.627. The van der Waals surface area contributed by atoms with E-state index in [1.165, 1.54) is 17.9 Å². The summed E-state index contributed by atoms with van der Waals surface area (Å²) in [4.78, 5) is 24.6. The minimum atomic E-state index is -0.556. The van der Waals surface area contributed by atoms with E-state index in [0.29, 0.717) is 11.3 Å². The van der Waals surface area contributed by atoms with E-state index in [1.54, 1.807) is 12.1 Å². The Morgan fingerprint density at radius 3 is 2.73 bits per heavy atom. The van der Waals surface area contributed by atoms with Gasteiger partial charge in [0.15, 0.2) is 0 Å². The van der Waals surface area contributed by atoms with Gasteiger partial charge in [-0.3, -0.25) is 14.4 Å². The number of rotatable bonds is 5. The van der Waals surface area contributed by atoms with Gasteiger partial charge in [-0.25, -0.2) is 9.18 Å². The Balaban J connectivity index is 1.32. The first-order valence-electron chi connectivity index (χ1n) is 10.9. The first-order chi connectivity index (χ1) is 16.0. The molecule has 33 heavy (non-hydrogen) atoms. The van der Waals surface area contributed by atoms with Gasteiger partial charge in [0.25, 0.3) is 0 Å². The van der Waals surface area contributed by atoms with Crippen LogP contribution in [0.3, 0.4) is 0 Å². The number of hydrogen-bond donors (Lipinski definition) is 2. The van der Waals surface area contributed by atoms with Crippen molar-refractivity contribution in [3.8, 4) is 22.4 Å². The fourth-order valence-electron chi connectivity index (χ4n) is 4.16. The van der Waals surface area contributed by atoms with Crippen LogP contribution in [0, 0.1) is 5.82 Å². The number of hydrogen-bond acceptors (Lipinski definition) is 5. The predicted octanol–water partition coefficient (Wildman–Crippen LogP) is 2.92. The van der Waals surface area contributed by atoms with Gasteiger partial charge in [-0.1, -0.05) is 24.3 Å². The van der Waals surface area contributed by atoms with Crippen LogP contribution in [0.1, 0.15) is 12.6 Å². The molecule has 9 heteroatoms. The largest absolute Gasteiger partial charge is 0.442 e. The smallest absolute Gasteiger partial charge is 0.414 e. The van der Waals surface area contributed by atoms with Gasteiger partial charge in [0.2, 0.25) is 5.91 Å². The number of carbonyl (C=O) groups is 2. The van der Waals surface area contributed by atoms with Crippen molar-refractivity contribution in [3.63, 3.8) is 0 Å². The zero-order valence-electron chi connectivity index (χ0n) is 18.2. The first kappa shape index (κ1) is 21.1. The molecule has 2 aromatic carbocycles. The maximum absolute atomic E-state index is 15.0. The fraction of sp³-hybridized carbons (Fsp3) is 0.292. The number of nitrogens with zero attached hydrogens (tertiary/aromatic N) is 3. The number of fused-ring (bicyclic) bond motifs is 1. The van der Waals surface area contributed by atoms with E-state index in [2.05, 4.69) is 21.8 Å². The van der Waals surface area contributed by atoms with E-state index in [4.69, 9.17) is 4.74 Å². The van der Waals surface area contributed by atoms with Crippen LogP contribution >= 0.6 is 0 Å². The topological polar surface area (TPSA) is 88.5 Å². The highest BCUT2D eigenvalue weighted by atomic mass is 19.1. The Bertz CT molecular complexity index is 1180. The molecule has 5 rings (SSSR count). The van der Waals surface area contributed by atoms with Crippen LogP contribution < -0.4 is 15.5 Å². The third-order valence-corrected chi connectivity index (χ3v) is 5.88. The van der Waals surface area contributed by atoms with Crippen molar-refractivity contribution < 1.29 is 18.7 Å². The number of cyclic esters (lactones) is 1. The van der Waals surface area contributed by atoms with Crippen molar-refractivity contribution in [1.29, 1.82) is 0 Å². The van der Waals surface area contributed by atoms with Gasteiger partial charge in [-0.15, -0.1) is 0 Å². The molecule has 0 bridgehead atoms. The average molecular weight is 449 g/mol. The van der Waals surface area contributed by atoms with Crippen LogP contribution in [0.5, 0.6) is 0 Å². The number of halogens is 1. The molecule has 0 unspecified atom stereocenters. The lowest BCUT2D eigenvalue weighted by molar-refractivity contribution is -0.119. The maximum atomic E-state index is 15.0. The molecule has 0 radical (unpaired) electrons. The van der Waals surface area contributed by atoms with Crippen LogP contribution in [0.25, 0.3) is 22.4 Å². The molecule has 2 aliphatic rings. The Kier molecular flexibility index (Phi) is 5.55. The molecule has 8 nitrogen and oxygen atoms in total. The molecule has 2 amide bonds. The summed E-state index contributed by atoms with van der Waals surface area (Å²) in [6.45, 7) is 4.44. The molecule has 0 aliphatic carbocycles. The highest BCUT2D eigenvalue weighted by Gasteiger charge is 2.32. The fourth-order valence-corrected chi connectivity index (χ4v) is 4.16. The molecule has 1 aromatic heterocycles. The molecule has 0 saturated carbocycles. The number of aromatic nitrogens is 2. The summed E-state index contributed by atoms with van der Waals surface area (Å²) in [5, 5.41) is 10.6. The van der Waals surface area contributed by atoms with Crippen LogP contribution in [0.15, 0.2) is 48.5 Å². The summed E-state index contributed by atoms with van der Waals surface area (Å²) in [6, 6.07) is 14.4. The van der Waals surface area contributed by atoms with Gasteiger partial charge in [0.05, 0.1) is 36.7 Å². The Hall–Kier alpha value is -3.72. The normalized spacial score (nSPS) is 17.6. The molecule has 1 fully saturated rings. The Morgan fingerprint density at radius 1 is 1.21 bits per heavy atom. The quantitative estimate of drug-likeness (QED) is 0.625. The van der Waals surface area contributed by atoms with Crippen molar-refractivity contribution >= 4 is 17.7 Å². The third-order valence-electron chi connectivity index (χ3n) is 5.88. The number of amides is 2. The summed E-state index contributed by atoms with van der Waals surface area (Å²) in [7, 11) is 0. The zero-order valence-corrected chi connectivity index (χ0v) is 18.2. The summed E-state index contributed by atoms with van der Waals surface area (Å²) in [6.07, 6.45) is -1.03. The third kappa shape index (κ3) is 4.31. The van der Waals surface area contributed by atoms with Crippen molar-refractivity contribution in [2.24, 2.45) is 0 Å². The molecule has 3 aromatic rings. The minimum absolute atomic E-state index is 0.199. The molecule has 1 atom stereocenters. The molecule has 1 saturated heterocycles. The second-order valence-electron chi connectivity index (χ2n) is 8.22. The van der Waals surface area contributed by atoms with Gasteiger partial charge < -0.3 is 15.4 Å². The zero-order chi connectivity index (χ0) is 22.9. The molecule has 170 valence electrons. The van der Waals surface area contributed by atoms with Gasteiger partial charge in [-0.2, -0.15) is 5.10 Å². The number of anilines is 1. The predicted molar refractivity (Wildman–Crippen MR) is 121 cm³/mol. The highest BCUT2D eigenvalue weighted by molar-refractivity contribution is 5.90. The molecule has 3 heterocycles. The standard InChI is InChI=1S/C24H24FN5O3/c1-15(31)27-13-20-14-29(24(32)33-20)18-6-7-21(22(25)10-18)16-2-4-17(5-3-16)23-11-19-12-26-8-9-30(19)28-23/h2-7,10-11,20,26H,8-9,12-14H2,1H3,(H,27,31)/t20-/m0/s1. The van der Waals surface area contributed by atoms with E-state index in [9.17, 15) is 14.0 Å². The Morgan fingerprint density at radius 2 is 2.00 bits per heavy atom. The molecule has 0 spiro atoms. The van der Waals surface area contributed by atoms with Crippen LogP contribution in [0.2, 0.25) is 0 Å². The second-order valence-corrected chi connectivity index (χ2v) is 8.22. The minimum Gasteiger partial charge on any atom is -0.442 e. The van der Waals surface area contributed by atoms with Gasteiger partial charge in [-0.05, 0) is 29.8 Å². The summed E-state index contributed by atoms with van der Waals surface area (Å²) < 4.78 is 22.3. The van der Waals surface area contributed by atoms with Gasteiger partial charge in [0, 0.05) is 31.1 Å². The van der Waals surface area contributed by atoms with E-state index in [0.717, 1.165) is 42.1 Å².